The van der Waals surface area contributed by atoms with Crippen molar-refractivity contribution in [2.24, 2.45) is 5.92 Å². The van der Waals surface area contributed by atoms with Gasteiger partial charge in [-0.25, -0.2) is 9.96 Å². The van der Waals surface area contributed by atoms with Crippen molar-refractivity contribution < 1.29 is 14.4 Å². The molecule has 5 rings (SSSR count). The van der Waals surface area contributed by atoms with E-state index in [0.29, 0.717) is 5.69 Å². The lowest BCUT2D eigenvalue weighted by Gasteiger charge is -2.29. The molecule has 0 aromatic heterocycles. The van der Waals surface area contributed by atoms with E-state index in [4.69, 9.17) is 4.84 Å². The van der Waals surface area contributed by atoms with Crippen LogP contribution in [0.15, 0.2) is 84.9 Å². The summed E-state index contributed by atoms with van der Waals surface area (Å²) in [5, 5.41) is 1.73. The maximum Gasteiger partial charge on any atom is 0.266 e. The number of imide groups is 1. The van der Waals surface area contributed by atoms with E-state index in [1.807, 2.05) is 79.7 Å². The van der Waals surface area contributed by atoms with Crippen molar-refractivity contribution >= 4 is 23.2 Å². The highest BCUT2D eigenvalue weighted by Gasteiger charge is 2.60. The molecule has 3 unspecified atom stereocenters. The molecule has 2 amide bonds. The van der Waals surface area contributed by atoms with Crippen molar-refractivity contribution in [1.82, 2.24) is 0 Å². The minimum Gasteiger partial charge on any atom is -0.273 e. The molecule has 2 aliphatic heterocycles. The first-order valence-corrected chi connectivity index (χ1v) is 9.66. The molecule has 144 valence electrons. The van der Waals surface area contributed by atoms with Gasteiger partial charge in [-0.1, -0.05) is 60.7 Å². The quantitative estimate of drug-likeness (QED) is 0.640. The van der Waals surface area contributed by atoms with Crippen LogP contribution < -0.4 is 9.96 Å². The third-order valence-electron chi connectivity index (χ3n) is 5.65. The number of hydrogen-bond donors (Lipinski definition) is 0. The van der Waals surface area contributed by atoms with Gasteiger partial charge in [-0.3, -0.25) is 14.4 Å². The highest BCUT2D eigenvalue weighted by Crippen LogP contribution is 2.48. The number of aryl methyl sites for hydroxylation is 1. The normalized spacial score (nSPS) is 23.6. The first kappa shape index (κ1) is 17.6. The molecule has 0 saturated carbocycles. The Morgan fingerprint density at radius 1 is 0.724 bits per heavy atom. The Morgan fingerprint density at radius 2 is 1.31 bits per heavy atom. The van der Waals surface area contributed by atoms with Crippen molar-refractivity contribution in [1.29, 1.82) is 0 Å². The maximum absolute atomic E-state index is 13.5. The van der Waals surface area contributed by atoms with Gasteiger partial charge in [-0.15, -0.1) is 0 Å². The summed E-state index contributed by atoms with van der Waals surface area (Å²) in [6.07, 6.45) is -0.840. The highest BCUT2D eigenvalue weighted by molar-refractivity contribution is 6.23. The molecule has 0 spiro atoms. The van der Waals surface area contributed by atoms with Gasteiger partial charge >= 0.3 is 0 Å². The van der Waals surface area contributed by atoms with Gasteiger partial charge in [0.25, 0.3) is 5.91 Å². The van der Waals surface area contributed by atoms with Crippen molar-refractivity contribution in [3.63, 3.8) is 0 Å². The van der Waals surface area contributed by atoms with Crippen molar-refractivity contribution in [2.45, 2.75) is 19.1 Å². The summed E-state index contributed by atoms with van der Waals surface area (Å²) in [5.74, 6) is -1.15. The predicted octanol–water partition coefficient (Wildman–Crippen LogP) is 4.05. The van der Waals surface area contributed by atoms with Crippen LogP contribution in [0.25, 0.3) is 0 Å². The van der Waals surface area contributed by atoms with E-state index in [1.54, 1.807) is 17.2 Å². The molecule has 2 fully saturated rings. The van der Waals surface area contributed by atoms with Crippen LogP contribution in [0.5, 0.6) is 0 Å². The Bertz CT molecular complexity index is 1070. The summed E-state index contributed by atoms with van der Waals surface area (Å²) in [5.41, 5.74) is 3.44. The number of hydrogen-bond acceptors (Lipinski definition) is 4. The molecule has 5 nitrogen and oxygen atoms in total. The zero-order chi connectivity index (χ0) is 20.0. The fraction of sp³-hybridized carbons (Fsp3) is 0.167. The number of hydroxylamine groups is 1. The van der Waals surface area contributed by atoms with Crippen LogP contribution in [0.4, 0.5) is 11.4 Å². The summed E-state index contributed by atoms with van der Waals surface area (Å²) in [6, 6.07) is 26.2. The standard InChI is InChI=1S/C24H20N2O3/c1-16-10-8-9-15-19(16)21-20-22(29-26(21)18-13-6-3-7-14-18)24(28)25(23(20)27)17-11-4-2-5-12-17/h2-15,20-22H,1H3. The Labute approximate surface area is 169 Å². The Morgan fingerprint density at radius 3 is 1.97 bits per heavy atom. The first-order chi connectivity index (χ1) is 14.2. The molecular weight excluding hydrogens is 364 g/mol. The summed E-state index contributed by atoms with van der Waals surface area (Å²) >= 11 is 0. The molecule has 2 aliphatic rings. The van der Waals surface area contributed by atoms with E-state index >= 15 is 0 Å². The molecule has 3 aromatic carbocycles. The van der Waals surface area contributed by atoms with Crippen LogP contribution in [0, 0.1) is 12.8 Å². The fourth-order valence-electron chi connectivity index (χ4n) is 4.28. The van der Waals surface area contributed by atoms with E-state index in [1.165, 1.54) is 4.90 Å². The third kappa shape index (κ3) is 2.74. The average Bonchev–Trinajstić information content (AvgIpc) is 3.26. The lowest BCUT2D eigenvalue weighted by Crippen LogP contribution is -2.37. The predicted molar refractivity (Wildman–Crippen MR) is 110 cm³/mol. The molecule has 2 heterocycles. The number of para-hydroxylation sites is 2. The molecule has 0 aliphatic carbocycles. The summed E-state index contributed by atoms with van der Waals surface area (Å²) in [7, 11) is 0. The SMILES string of the molecule is Cc1ccccc1C1C2C(=O)N(c3ccccc3)C(=O)C2ON1c1ccccc1. The smallest absolute Gasteiger partial charge is 0.266 e. The lowest BCUT2D eigenvalue weighted by molar-refractivity contribution is -0.126. The van der Waals surface area contributed by atoms with E-state index in [2.05, 4.69) is 0 Å². The van der Waals surface area contributed by atoms with E-state index in [0.717, 1.165) is 16.8 Å². The Hall–Kier alpha value is -3.44. The van der Waals surface area contributed by atoms with Crippen molar-refractivity contribution in [3.8, 4) is 0 Å². The number of nitrogens with zero attached hydrogens (tertiary/aromatic N) is 2. The first-order valence-electron chi connectivity index (χ1n) is 9.66. The van der Waals surface area contributed by atoms with E-state index in [9.17, 15) is 9.59 Å². The van der Waals surface area contributed by atoms with Gasteiger partial charge in [0.05, 0.1) is 17.4 Å². The van der Waals surface area contributed by atoms with Crippen LogP contribution in [0.2, 0.25) is 0 Å². The topological polar surface area (TPSA) is 49.9 Å². The van der Waals surface area contributed by atoms with Crippen molar-refractivity contribution in [2.75, 3.05) is 9.96 Å². The van der Waals surface area contributed by atoms with Crippen molar-refractivity contribution in [3.05, 3.63) is 96.1 Å². The molecule has 29 heavy (non-hydrogen) atoms. The molecule has 0 radical (unpaired) electrons. The van der Waals surface area contributed by atoms with E-state index in [-0.39, 0.29) is 17.9 Å². The zero-order valence-electron chi connectivity index (χ0n) is 15.9. The molecule has 0 bridgehead atoms. The number of carbonyl (C=O) groups excluding carboxylic acids is 2. The second-order valence-corrected chi connectivity index (χ2v) is 7.36. The summed E-state index contributed by atoms with van der Waals surface area (Å²) < 4.78 is 0. The van der Waals surface area contributed by atoms with Gasteiger partial charge in [-0.05, 0) is 42.3 Å². The maximum atomic E-state index is 13.5. The average molecular weight is 384 g/mol. The van der Waals surface area contributed by atoms with Gasteiger partial charge < -0.3 is 0 Å². The number of carbonyl (C=O) groups is 2. The molecule has 5 heteroatoms. The van der Waals surface area contributed by atoms with Crippen LogP contribution in [0.1, 0.15) is 17.2 Å². The Kier molecular flexibility index (Phi) is 4.18. The summed E-state index contributed by atoms with van der Waals surface area (Å²) in [6.45, 7) is 2.02. The fourth-order valence-corrected chi connectivity index (χ4v) is 4.28. The van der Waals surface area contributed by atoms with Gasteiger partial charge in [0.15, 0.2) is 6.10 Å². The number of anilines is 2. The van der Waals surface area contributed by atoms with Crippen LogP contribution in [-0.4, -0.2) is 17.9 Å². The van der Waals surface area contributed by atoms with Gasteiger partial charge in [-0.2, -0.15) is 0 Å². The van der Waals surface area contributed by atoms with E-state index < -0.39 is 12.0 Å². The second kappa shape index (κ2) is 6.87. The third-order valence-corrected chi connectivity index (χ3v) is 5.65. The molecule has 2 saturated heterocycles. The zero-order valence-corrected chi connectivity index (χ0v) is 15.9. The number of fused-ring (bicyclic) bond motifs is 1. The van der Waals surface area contributed by atoms with Crippen LogP contribution >= 0.6 is 0 Å². The second-order valence-electron chi connectivity index (χ2n) is 7.36. The minimum absolute atomic E-state index is 0.224. The number of amides is 2. The molecule has 3 aromatic rings. The Balaban J connectivity index is 1.62. The van der Waals surface area contributed by atoms with Gasteiger partial charge in [0.2, 0.25) is 5.91 Å². The molecule has 0 N–H and O–H groups in total. The number of rotatable bonds is 3. The lowest BCUT2D eigenvalue weighted by atomic mass is 9.88. The minimum atomic E-state index is -0.840. The van der Waals surface area contributed by atoms with Crippen LogP contribution in [0.3, 0.4) is 0 Å². The molecular formula is C24H20N2O3. The summed E-state index contributed by atoms with van der Waals surface area (Å²) in [4.78, 5) is 34.1. The van der Waals surface area contributed by atoms with Crippen LogP contribution in [-0.2, 0) is 14.4 Å². The monoisotopic (exact) mass is 384 g/mol. The highest BCUT2D eigenvalue weighted by atomic mass is 16.7. The largest absolute Gasteiger partial charge is 0.273 e. The molecule has 3 atom stereocenters. The van der Waals surface area contributed by atoms with Gasteiger partial charge in [0.1, 0.15) is 5.92 Å². The van der Waals surface area contributed by atoms with Gasteiger partial charge in [0, 0.05) is 0 Å². The number of benzene rings is 3.